The van der Waals surface area contributed by atoms with E-state index in [1.165, 1.54) is 18.4 Å². The molecule has 0 aromatic heterocycles. The monoisotopic (exact) mass is 398 g/mol. The average molecular weight is 399 g/mol. The molecule has 6 nitrogen and oxygen atoms in total. The fraction of sp³-hybridized carbons (Fsp3) is 0.435. The van der Waals surface area contributed by atoms with Crippen molar-refractivity contribution < 1.29 is 19.0 Å². The number of ether oxygens (including phenoxy) is 3. The van der Waals surface area contributed by atoms with Crippen LogP contribution in [-0.2, 0) is 12.0 Å². The highest BCUT2D eigenvalue weighted by atomic mass is 16.5. The molecule has 2 aromatic carbocycles. The summed E-state index contributed by atoms with van der Waals surface area (Å²) in [6, 6.07) is 14.0. The molecule has 0 unspecified atom stereocenters. The van der Waals surface area contributed by atoms with Crippen molar-refractivity contribution in [3.8, 4) is 17.2 Å². The maximum Gasteiger partial charge on any atom is 0.315 e. The number of hydrogen-bond acceptors (Lipinski definition) is 4. The van der Waals surface area contributed by atoms with Gasteiger partial charge >= 0.3 is 6.03 Å². The van der Waals surface area contributed by atoms with Crippen LogP contribution in [0.5, 0.6) is 17.2 Å². The molecular formula is C23H30N2O4. The van der Waals surface area contributed by atoms with Crippen molar-refractivity contribution in [3.63, 3.8) is 0 Å². The van der Waals surface area contributed by atoms with Gasteiger partial charge in [-0.3, -0.25) is 0 Å². The Balaban J connectivity index is 1.61. The van der Waals surface area contributed by atoms with Crippen molar-refractivity contribution in [3.05, 3.63) is 53.6 Å². The molecule has 1 fully saturated rings. The Morgan fingerprint density at radius 2 is 1.55 bits per heavy atom. The number of carbonyl (C=O) groups is 1. The number of methoxy groups -OCH3 is 3. The average Bonchev–Trinajstić information content (AvgIpc) is 3.26. The zero-order valence-corrected chi connectivity index (χ0v) is 17.4. The van der Waals surface area contributed by atoms with Gasteiger partial charge in [0.1, 0.15) is 0 Å². The first kappa shape index (κ1) is 20.8. The zero-order valence-electron chi connectivity index (χ0n) is 17.4. The second-order valence-electron chi connectivity index (χ2n) is 7.42. The van der Waals surface area contributed by atoms with E-state index in [0.717, 1.165) is 18.4 Å². The van der Waals surface area contributed by atoms with Crippen LogP contribution in [-0.4, -0.2) is 33.9 Å². The number of nitrogens with one attached hydrogen (secondary N) is 2. The van der Waals surface area contributed by atoms with E-state index in [1.54, 1.807) is 21.3 Å². The minimum absolute atomic E-state index is 0.0329. The van der Waals surface area contributed by atoms with Crippen molar-refractivity contribution >= 4 is 6.03 Å². The normalized spacial score (nSPS) is 14.9. The number of urea groups is 1. The van der Waals surface area contributed by atoms with E-state index in [4.69, 9.17) is 14.2 Å². The molecule has 156 valence electrons. The smallest absolute Gasteiger partial charge is 0.315 e. The maximum absolute atomic E-state index is 12.5. The molecular weight excluding hydrogens is 368 g/mol. The number of amides is 2. The van der Waals surface area contributed by atoms with Crippen molar-refractivity contribution in [1.82, 2.24) is 10.6 Å². The van der Waals surface area contributed by atoms with E-state index in [-0.39, 0.29) is 11.4 Å². The van der Waals surface area contributed by atoms with E-state index in [0.29, 0.717) is 30.3 Å². The van der Waals surface area contributed by atoms with Crippen molar-refractivity contribution in [2.24, 2.45) is 0 Å². The minimum Gasteiger partial charge on any atom is -0.493 e. The molecule has 3 rings (SSSR count). The standard InChI is InChI=1S/C23H30N2O4/c1-27-19-13-17(14-20(28-2)21(19)29-3)15-24-22(26)25-16-23(11-7-8-12-23)18-9-5-4-6-10-18/h4-6,9-10,13-14H,7-8,11-12,15-16H2,1-3H3,(H2,24,25,26). The van der Waals surface area contributed by atoms with Crippen LogP contribution in [0.25, 0.3) is 0 Å². The summed E-state index contributed by atoms with van der Waals surface area (Å²) in [5, 5.41) is 6.01. The summed E-state index contributed by atoms with van der Waals surface area (Å²) in [7, 11) is 4.72. The lowest BCUT2D eigenvalue weighted by Crippen LogP contribution is -2.43. The Morgan fingerprint density at radius 1 is 0.931 bits per heavy atom. The van der Waals surface area contributed by atoms with Gasteiger partial charge in [0.2, 0.25) is 5.75 Å². The van der Waals surface area contributed by atoms with Crippen LogP contribution in [0.3, 0.4) is 0 Å². The van der Waals surface area contributed by atoms with Gasteiger partial charge in [0, 0.05) is 18.5 Å². The van der Waals surface area contributed by atoms with Crippen molar-refractivity contribution in [2.75, 3.05) is 27.9 Å². The number of hydrogen-bond donors (Lipinski definition) is 2. The fourth-order valence-corrected chi connectivity index (χ4v) is 4.14. The van der Waals surface area contributed by atoms with E-state index in [1.807, 2.05) is 18.2 Å². The summed E-state index contributed by atoms with van der Waals surface area (Å²) in [5.74, 6) is 1.67. The third-order valence-electron chi connectivity index (χ3n) is 5.71. The second-order valence-corrected chi connectivity index (χ2v) is 7.42. The lowest BCUT2D eigenvalue weighted by Gasteiger charge is -2.30. The van der Waals surface area contributed by atoms with Gasteiger partial charge in [-0.25, -0.2) is 4.79 Å². The van der Waals surface area contributed by atoms with Gasteiger partial charge in [0.15, 0.2) is 11.5 Å². The van der Waals surface area contributed by atoms with Gasteiger partial charge in [0.25, 0.3) is 0 Å². The first-order valence-electron chi connectivity index (χ1n) is 9.98. The van der Waals surface area contributed by atoms with E-state index in [2.05, 4.69) is 34.9 Å². The largest absolute Gasteiger partial charge is 0.493 e. The lowest BCUT2D eigenvalue weighted by atomic mass is 9.79. The minimum atomic E-state index is -0.180. The summed E-state index contributed by atoms with van der Waals surface area (Å²) in [6.07, 6.45) is 4.60. The van der Waals surface area contributed by atoms with Crippen LogP contribution < -0.4 is 24.8 Å². The maximum atomic E-state index is 12.5. The third-order valence-corrected chi connectivity index (χ3v) is 5.71. The summed E-state index contributed by atoms with van der Waals surface area (Å²) in [4.78, 5) is 12.5. The number of benzene rings is 2. The van der Waals surface area contributed by atoms with Gasteiger partial charge in [-0.2, -0.15) is 0 Å². The first-order valence-corrected chi connectivity index (χ1v) is 9.98. The number of carbonyl (C=O) groups excluding carboxylic acids is 1. The predicted octanol–water partition coefficient (Wildman–Crippen LogP) is 4.02. The molecule has 0 bridgehead atoms. The highest BCUT2D eigenvalue weighted by molar-refractivity contribution is 5.74. The topological polar surface area (TPSA) is 68.8 Å². The molecule has 0 spiro atoms. The lowest BCUT2D eigenvalue weighted by molar-refractivity contribution is 0.236. The van der Waals surface area contributed by atoms with Crippen LogP contribution in [0.1, 0.15) is 36.8 Å². The Labute approximate surface area is 172 Å². The Hall–Kier alpha value is -2.89. The summed E-state index contributed by atoms with van der Waals surface area (Å²) >= 11 is 0. The summed E-state index contributed by atoms with van der Waals surface area (Å²) in [5.41, 5.74) is 2.21. The summed E-state index contributed by atoms with van der Waals surface area (Å²) in [6.45, 7) is 0.999. The first-order chi connectivity index (χ1) is 14.1. The van der Waals surface area contributed by atoms with Crippen LogP contribution in [0.2, 0.25) is 0 Å². The van der Waals surface area contributed by atoms with Gasteiger partial charge in [-0.15, -0.1) is 0 Å². The number of rotatable bonds is 8. The molecule has 29 heavy (non-hydrogen) atoms. The molecule has 0 radical (unpaired) electrons. The Kier molecular flexibility index (Phi) is 6.86. The molecule has 6 heteroatoms. The molecule has 2 N–H and O–H groups in total. The highest BCUT2D eigenvalue weighted by Crippen LogP contribution is 2.40. The van der Waals surface area contributed by atoms with E-state index in [9.17, 15) is 4.79 Å². The van der Waals surface area contributed by atoms with Crippen LogP contribution in [0.4, 0.5) is 4.79 Å². The molecule has 0 heterocycles. The van der Waals surface area contributed by atoms with Crippen molar-refractivity contribution in [2.45, 2.75) is 37.6 Å². The molecule has 0 atom stereocenters. The van der Waals surface area contributed by atoms with Gasteiger partial charge in [-0.05, 0) is 36.1 Å². The predicted molar refractivity (Wildman–Crippen MR) is 113 cm³/mol. The quantitative estimate of drug-likeness (QED) is 0.705. The van der Waals surface area contributed by atoms with Crippen molar-refractivity contribution in [1.29, 1.82) is 0 Å². The van der Waals surface area contributed by atoms with Crippen LogP contribution in [0.15, 0.2) is 42.5 Å². The Morgan fingerprint density at radius 3 is 2.10 bits per heavy atom. The highest BCUT2D eigenvalue weighted by Gasteiger charge is 2.35. The molecule has 1 aliphatic carbocycles. The zero-order chi connectivity index (χ0) is 20.7. The van der Waals surface area contributed by atoms with E-state index >= 15 is 0 Å². The van der Waals surface area contributed by atoms with Gasteiger partial charge in [-0.1, -0.05) is 43.2 Å². The Bertz CT molecular complexity index is 792. The molecule has 2 aromatic rings. The summed E-state index contributed by atoms with van der Waals surface area (Å²) < 4.78 is 16.1. The van der Waals surface area contributed by atoms with Gasteiger partial charge in [0.05, 0.1) is 21.3 Å². The SMILES string of the molecule is COc1cc(CNC(=O)NCC2(c3ccccc3)CCCC2)cc(OC)c1OC. The molecule has 1 saturated carbocycles. The third kappa shape index (κ3) is 4.75. The molecule has 2 amide bonds. The molecule has 0 saturated heterocycles. The second kappa shape index (κ2) is 9.54. The molecule has 0 aliphatic heterocycles. The van der Waals surface area contributed by atoms with Crippen LogP contribution >= 0.6 is 0 Å². The van der Waals surface area contributed by atoms with Gasteiger partial charge < -0.3 is 24.8 Å². The molecule has 1 aliphatic rings. The fourth-order valence-electron chi connectivity index (χ4n) is 4.14. The van der Waals surface area contributed by atoms with E-state index < -0.39 is 0 Å². The van der Waals surface area contributed by atoms with Crippen LogP contribution in [0, 0.1) is 0 Å².